The number of benzene rings is 2. The minimum Gasteiger partial charge on any atom is -0.504 e. The molecule has 2 aromatic carbocycles. The zero-order chi connectivity index (χ0) is 19.7. The second-order valence-corrected chi connectivity index (χ2v) is 7.22. The maximum absolute atomic E-state index is 13.0. The fourth-order valence-corrected chi connectivity index (χ4v) is 3.44. The number of phenols is 1. The number of nitrogens with one attached hydrogen (secondary N) is 1. The van der Waals surface area contributed by atoms with Crippen molar-refractivity contribution in [3.8, 4) is 11.5 Å². The number of hydrogen-bond donors (Lipinski definition) is 2. The lowest BCUT2D eigenvalue weighted by molar-refractivity contribution is -0.122. The lowest BCUT2D eigenvalue weighted by atomic mass is 10.1. The van der Waals surface area contributed by atoms with Crippen LogP contribution in [-0.2, 0) is 9.59 Å². The lowest BCUT2D eigenvalue weighted by Gasteiger charge is -2.29. The first-order valence-electron chi connectivity index (χ1n) is 7.55. The zero-order valence-electron chi connectivity index (χ0n) is 13.8. The third-order valence-corrected chi connectivity index (χ3v) is 4.73. The highest BCUT2D eigenvalue weighted by Crippen LogP contribution is 2.35. The summed E-state index contributed by atoms with van der Waals surface area (Å²) in [5.41, 5.74) is 0.456. The molecule has 0 bridgehead atoms. The van der Waals surface area contributed by atoms with Crippen molar-refractivity contribution in [2.75, 3.05) is 12.0 Å². The molecule has 3 rings (SSSR count). The first kappa shape index (κ1) is 19.3. The van der Waals surface area contributed by atoms with E-state index in [1.807, 2.05) is 0 Å². The van der Waals surface area contributed by atoms with Crippen molar-refractivity contribution >= 4 is 68.4 Å². The van der Waals surface area contributed by atoms with Gasteiger partial charge in [-0.05, 0) is 48.6 Å². The molecule has 0 saturated carbocycles. The Morgan fingerprint density at radius 2 is 2.04 bits per heavy atom. The minimum atomic E-state index is -0.665. The van der Waals surface area contributed by atoms with Gasteiger partial charge in [-0.3, -0.25) is 19.8 Å². The van der Waals surface area contributed by atoms with Crippen molar-refractivity contribution in [2.45, 2.75) is 0 Å². The van der Waals surface area contributed by atoms with E-state index in [0.29, 0.717) is 15.2 Å². The fraction of sp³-hybridized carbons (Fsp3) is 0.0556. The number of thiocarbonyl (C=S) groups is 1. The van der Waals surface area contributed by atoms with Crippen LogP contribution < -0.4 is 15.0 Å². The Balaban J connectivity index is 2.09. The molecule has 1 heterocycles. The Morgan fingerprint density at radius 3 is 2.70 bits per heavy atom. The topological polar surface area (TPSA) is 78.9 Å². The van der Waals surface area contributed by atoms with Gasteiger partial charge < -0.3 is 9.84 Å². The molecule has 27 heavy (non-hydrogen) atoms. The number of phenolic OH excluding ortho intramolecular Hbond substituents is 1. The quantitative estimate of drug-likeness (QED) is 0.409. The number of aromatic hydroxyl groups is 1. The summed E-state index contributed by atoms with van der Waals surface area (Å²) in [6.45, 7) is 0. The molecule has 0 radical (unpaired) electrons. The highest BCUT2D eigenvalue weighted by atomic mass is 79.9. The molecular formula is C18H12BrClN2O4S. The van der Waals surface area contributed by atoms with Gasteiger partial charge in [0.1, 0.15) is 5.57 Å². The number of rotatable bonds is 3. The largest absolute Gasteiger partial charge is 0.504 e. The number of methoxy groups -OCH3 is 1. The summed E-state index contributed by atoms with van der Waals surface area (Å²) in [7, 11) is 1.40. The molecular weight excluding hydrogens is 456 g/mol. The van der Waals surface area contributed by atoms with E-state index in [9.17, 15) is 14.7 Å². The van der Waals surface area contributed by atoms with Crippen molar-refractivity contribution in [2.24, 2.45) is 0 Å². The predicted octanol–water partition coefficient (Wildman–Crippen LogP) is 3.65. The molecule has 2 aromatic rings. The Kier molecular flexibility index (Phi) is 5.50. The summed E-state index contributed by atoms with van der Waals surface area (Å²) in [5, 5.41) is 13.1. The van der Waals surface area contributed by atoms with Crippen LogP contribution in [0.25, 0.3) is 6.08 Å². The first-order chi connectivity index (χ1) is 12.8. The Morgan fingerprint density at radius 1 is 1.30 bits per heavy atom. The number of hydrogen-bond acceptors (Lipinski definition) is 5. The standard InChI is InChI=1S/C18H12BrClN2O4S/c1-26-14-7-10(19)5-9(15(14)23)6-13-16(24)21-18(27)22(17(13)25)12-4-2-3-11(20)8-12/h2-8,23H,1H3,(H,21,24,27)/b13-6+. The van der Waals surface area contributed by atoms with Crippen LogP contribution in [0.2, 0.25) is 5.02 Å². The van der Waals surface area contributed by atoms with Crippen molar-refractivity contribution < 1.29 is 19.4 Å². The van der Waals surface area contributed by atoms with Gasteiger partial charge in [0.2, 0.25) is 0 Å². The molecule has 138 valence electrons. The molecule has 0 unspecified atom stereocenters. The molecule has 2 N–H and O–H groups in total. The van der Waals surface area contributed by atoms with Gasteiger partial charge in [0.15, 0.2) is 16.6 Å². The Labute approximate surface area is 173 Å². The van der Waals surface area contributed by atoms with Crippen molar-refractivity contribution in [3.05, 3.63) is 57.0 Å². The first-order valence-corrected chi connectivity index (χ1v) is 9.13. The summed E-state index contributed by atoms with van der Waals surface area (Å²) in [6, 6.07) is 9.64. The summed E-state index contributed by atoms with van der Waals surface area (Å²) in [4.78, 5) is 26.5. The van der Waals surface area contributed by atoms with Gasteiger partial charge >= 0.3 is 0 Å². The van der Waals surface area contributed by atoms with Gasteiger partial charge in [0.05, 0.1) is 12.8 Å². The molecule has 0 spiro atoms. The molecule has 0 aliphatic carbocycles. The van der Waals surface area contributed by atoms with Gasteiger partial charge in [-0.2, -0.15) is 0 Å². The fourth-order valence-electron chi connectivity index (χ4n) is 2.52. The van der Waals surface area contributed by atoms with Crippen molar-refractivity contribution in [1.29, 1.82) is 0 Å². The third kappa shape index (κ3) is 3.83. The number of halogens is 2. The lowest BCUT2D eigenvalue weighted by Crippen LogP contribution is -2.54. The van der Waals surface area contributed by atoms with Crippen LogP contribution in [-0.4, -0.2) is 29.1 Å². The second kappa shape index (κ2) is 7.67. The SMILES string of the molecule is COc1cc(Br)cc(/C=C2\C(=O)NC(=S)N(c3cccc(Cl)c3)C2=O)c1O. The van der Waals surface area contributed by atoms with Crippen molar-refractivity contribution in [1.82, 2.24) is 5.32 Å². The average Bonchev–Trinajstić information content (AvgIpc) is 2.61. The van der Waals surface area contributed by atoms with Crippen LogP contribution in [0.4, 0.5) is 5.69 Å². The van der Waals surface area contributed by atoms with E-state index in [-0.39, 0.29) is 27.7 Å². The molecule has 9 heteroatoms. The third-order valence-electron chi connectivity index (χ3n) is 3.76. The zero-order valence-corrected chi connectivity index (χ0v) is 17.0. The van der Waals surface area contributed by atoms with Crippen LogP contribution >= 0.6 is 39.7 Å². The molecule has 1 fully saturated rings. The van der Waals surface area contributed by atoms with Crippen LogP contribution in [0.3, 0.4) is 0 Å². The monoisotopic (exact) mass is 466 g/mol. The van der Waals surface area contributed by atoms with Gasteiger partial charge in [-0.25, -0.2) is 0 Å². The van der Waals surface area contributed by atoms with Gasteiger partial charge in [-0.1, -0.05) is 33.6 Å². The van der Waals surface area contributed by atoms with Crippen LogP contribution in [0.5, 0.6) is 11.5 Å². The molecule has 2 amide bonds. The van der Waals surface area contributed by atoms with Gasteiger partial charge in [0, 0.05) is 15.1 Å². The summed E-state index contributed by atoms with van der Waals surface area (Å²) < 4.78 is 5.70. The molecule has 1 saturated heterocycles. The van der Waals surface area contributed by atoms with E-state index in [1.54, 1.807) is 36.4 Å². The molecule has 1 aliphatic rings. The van der Waals surface area contributed by atoms with E-state index in [2.05, 4.69) is 21.2 Å². The average molecular weight is 468 g/mol. The molecule has 0 aromatic heterocycles. The number of carbonyl (C=O) groups excluding carboxylic acids is 2. The van der Waals surface area contributed by atoms with Crippen LogP contribution in [0, 0.1) is 0 Å². The summed E-state index contributed by atoms with van der Waals surface area (Å²) in [6.07, 6.45) is 1.28. The predicted molar refractivity (Wildman–Crippen MR) is 110 cm³/mol. The molecule has 6 nitrogen and oxygen atoms in total. The van der Waals surface area contributed by atoms with E-state index < -0.39 is 11.8 Å². The summed E-state index contributed by atoms with van der Waals surface area (Å²) in [5.74, 6) is -1.30. The van der Waals surface area contributed by atoms with E-state index >= 15 is 0 Å². The minimum absolute atomic E-state index is 0.0551. The van der Waals surface area contributed by atoms with Gasteiger partial charge in [-0.15, -0.1) is 0 Å². The second-order valence-electron chi connectivity index (χ2n) is 5.48. The van der Waals surface area contributed by atoms with E-state index in [4.69, 9.17) is 28.6 Å². The molecule has 1 aliphatic heterocycles. The summed E-state index contributed by atoms with van der Waals surface area (Å²) >= 11 is 14.4. The number of anilines is 1. The highest BCUT2D eigenvalue weighted by molar-refractivity contribution is 9.10. The Bertz CT molecular complexity index is 1010. The molecule has 0 atom stereocenters. The van der Waals surface area contributed by atoms with E-state index in [0.717, 1.165) is 0 Å². The number of nitrogens with zero attached hydrogens (tertiary/aromatic N) is 1. The smallest absolute Gasteiger partial charge is 0.270 e. The maximum Gasteiger partial charge on any atom is 0.270 e. The van der Waals surface area contributed by atoms with Crippen LogP contribution in [0.15, 0.2) is 46.4 Å². The van der Waals surface area contributed by atoms with E-state index in [1.165, 1.54) is 18.1 Å². The number of carbonyl (C=O) groups is 2. The van der Waals surface area contributed by atoms with Gasteiger partial charge in [0.25, 0.3) is 11.8 Å². The number of ether oxygens (including phenoxy) is 1. The Hall–Kier alpha value is -2.42. The normalized spacial score (nSPS) is 15.9. The maximum atomic E-state index is 13.0. The van der Waals surface area contributed by atoms with Crippen LogP contribution in [0.1, 0.15) is 5.56 Å². The number of amides is 2. The highest BCUT2D eigenvalue weighted by Gasteiger charge is 2.34. The van der Waals surface area contributed by atoms with Crippen molar-refractivity contribution in [3.63, 3.8) is 0 Å².